The molecule has 2 aromatic rings. The molecule has 3 atom stereocenters. The van der Waals surface area contributed by atoms with E-state index in [1.165, 1.54) is 5.56 Å². The summed E-state index contributed by atoms with van der Waals surface area (Å²) < 4.78 is 5.70. The number of benzene rings is 2. The molecule has 0 saturated carbocycles. The zero-order valence-corrected chi connectivity index (χ0v) is 14.5. The van der Waals surface area contributed by atoms with Crippen molar-refractivity contribution in [3.8, 4) is 5.75 Å². The fourth-order valence-corrected chi connectivity index (χ4v) is 2.72. The number of nitrogens with two attached hydrogens (primary N) is 1. The molecule has 0 aliphatic heterocycles. The van der Waals surface area contributed by atoms with Gasteiger partial charge in [-0.15, -0.1) is 0 Å². The Labute approximate surface area is 144 Å². The molecule has 0 saturated heterocycles. The zero-order valence-electron chi connectivity index (χ0n) is 14.5. The normalized spacial score (nSPS) is 14.8. The van der Waals surface area contributed by atoms with Crippen LogP contribution in [0.1, 0.15) is 24.2 Å². The summed E-state index contributed by atoms with van der Waals surface area (Å²) in [4.78, 5) is 0. The third kappa shape index (κ3) is 5.34. The molecular formula is C20H28N2O2. The summed E-state index contributed by atoms with van der Waals surface area (Å²) in [5.41, 5.74) is 8.32. The average molecular weight is 328 g/mol. The first-order valence-electron chi connectivity index (χ1n) is 8.46. The first-order chi connectivity index (χ1) is 11.6. The van der Waals surface area contributed by atoms with E-state index in [2.05, 4.69) is 18.3 Å². The summed E-state index contributed by atoms with van der Waals surface area (Å²) in [6, 6.07) is 17.4. The van der Waals surface area contributed by atoms with Crippen molar-refractivity contribution in [2.45, 2.75) is 25.5 Å². The minimum Gasteiger partial charge on any atom is -0.492 e. The van der Waals surface area contributed by atoms with Crippen molar-refractivity contribution in [1.29, 1.82) is 0 Å². The largest absolute Gasteiger partial charge is 0.492 e. The summed E-state index contributed by atoms with van der Waals surface area (Å²) in [7, 11) is 1.90. The van der Waals surface area contributed by atoms with E-state index in [1.54, 1.807) is 0 Å². The van der Waals surface area contributed by atoms with Crippen LogP contribution >= 0.6 is 0 Å². The van der Waals surface area contributed by atoms with Gasteiger partial charge < -0.3 is 20.9 Å². The molecule has 130 valence electrons. The molecule has 0 bridgehead atoms. The summed E-state index contributed by atoms with van der Waals surface area (Å²) in [5, 5.41) is 13.5. The second-order valence-electron chi connectivity index (χ2n) is 6.21. The Balaban J connectivity index is 1.95. The number of aliphatic hydroxyl groups is 1. The van der Waals surface area contributed by atoms with Crippen LogP contribution in [0.2, 0.25) is 0 Å². The van der Waals surface area contributed by atoms with E-state index in [9.17, 15) is 5.11 Å². The third-order valence-electron chi connectivity index (χ3n) is 4.24. The molecule has 0 amide bonds. The van der Waals surface area contributed by atoms with Crippen molar-refractivity contribution in [2.75, 3.05) is 20.2 Å². The van der Waals surface area contributed by atoms with Crippen LogP contribution in [0.25, 0.3) is 0 Å². The molecule has 0 radical (unpaired) electrons. The van der Waals surface area contributed by atoms with Gasteiger partial charge in [-0.25, -0.2) is 0 Å². The van der Waals surface area contributed by atoms with Gasteiger partial charge in [-0.3, -0.25) is 0 Å². The first kappa shape index (κ1) is 18.5. The molecule has 4 nitrogen and oxygen atoms in total. The van der Waals surface area contributed by atoms with Gasteiger partial charge in [0.1, 0.15) is 12.4 Å². The predicted octanol–water partition coefficient (Wildman–Crippen LogP) is 2.52. The maximum absolute atomic E-state index is 10.5. The van der Waals surface area contributed by atoms with Gasteiger partial charge in [0.15, 0.2) is 0 Å². The van der Waals surface area contributed by atoms with Crippen molar-refractivity contribution in [1.82, 2.24) is 5.32 Å². The third-order valence-corrected chi connectivity index (χ3v) is 4.24. The molecule has 2 aromatic carbocycles. The highest BCUT2D eigenvalue weighted by atomic mass is 16.5. The van der Waals surface area contributed by atoms with E-state index in [1.807, 2.05) is 55.6 Å². The van der Waals surface area contributed by atoms with E-state index in [0.717, 1.165) is 24.3 Å². The van der Waals surface area contributed by atoms with E-state index in [-0.39, 0.29) is 12.0 Å². The van der Waals surface area contributed by atoms with Crippen molar-refractivity contribution in [3.05, 3.63) is 65.7 Å². The van der Waals surface area contributed by atoms with E-state index >= 15 is 0 Å². The van der Waals surface area contributed by atoms with Crippen LogP contribution in [0.5, 0.6) is 5.75 Å². The molecule has 4 heteroatoms. The number of aliphatic hydroxyl groups excluding tert-OH is 1. The Kier molecular flexibility index (Phi) is 7.25. The first-order valence-corrected chi connectivity index (χ1v) is 8.46. The van der Waals surface area contributed by atoms with Crippen LogP contribution in [0.15, 0.2) is 54.6 Å². The highest BCUT2D eigenvalue weighted by molar-refractivity contribution is 5.29. The second-order valence-corrected chi connectivity index (χ2v) is 6.21. The molecule has 0 aromatic heterocycles. The minimum absolute atomic E-state index is 0.146. The quantitative estimate of drug-likeness (QED) is 0.619. The van der Waals surface area contributed by atoms with Crippen molar-refractivity contribution < 1.29 is 9.84 Å². The lowest BCUT2D eigenvalue weighted by Gasteiger charge is -2.25. The highest BCUT2D eigenvalue weighted by Gasteiger charge is 2.23. The van der Waals surface area contributed by atoms with Crippen molar-refractivity contribution in [3.63, 3.8) is 0 Å². The van der Waals surface area contributed by atoms with Gasteiger partial charge in [-0.05, 0) is 42.6 Å². The number of hydrogen-bond donors (Lipinski definition) is 3. The topological polar surface area (TPSA) is 67.5 Å². The second kappa shape index (κ2) is 9.42. The van der Waals surface area contributed by atoms with Crippen molar-refractivity contribution in [2.24, 2.45) is 11.7 Å². The summed E-state index contributed by atoms with van der Waals surface area (Å²) in [6.07, 6.45) is 0.144. The van der Waals surface area contributed by atoms with E-state index < -0.39 is 6.10 Å². The Hall–Kier alpha value is -1.88. The molecular weight excluding hydrogens is 300 g/mol. The van der Waals surface area contributed by atoms with Gasteiger partial charge >= 0.3 is 0 Å². The van der Waals surface area contributed by atoms with Crippen LogP contribution < -0.4 is 15.8 Å². The molecule has 2 rings (SSSR count). The Morgan fingerprint density at radius 3 is 2.58 bits per heavy atom. The van der Waals surface area contributed by atoms with Gasteiger partial charge in [0.05, 0.1) is 6.10 Å². The molecule has 0 heterocycles. The maximum Gasteiger partial charge on any atom is 0.119 e. The van der Waals surface area contributed by atoms with E-state index in [4.69, 9.17) is 10.5 Å². The lowest BCUT2D eigenvalue weighted by atomic mass is 9.88. The standard InChI is InChI=1S/C20H28N2O2/c1-15(19(21)20(23)17-8-4-3-5-9-17)13-16-7-6-10-18(14-16)24-12-11-22-2/h3-10,14-15,19-20,22-23H,11-13,21H2,1-2H3. The minimum atomic E-state index is -0.656. The average Bonchev–Trinajstić information content (AvgIpc) is 2.62. The lowest BCUT2D eigenvalue weighted by molar-refractivity contribution is 0.121. The number of ether oxygens (including phenoxy) is 1. The molecule has 0 aliphatic carbocycles. The van der Waals surface area contributed by atoms with Crippen LogP contribution in [0.3, 0.4) is 0 Å². The number of rotatable bonds is 9. The zero-order chi connectivity index (χ0) is 17.4. The van der Waals surface area contributed by atoms with Crippen molar-refractivity contribution >= 4 is 0 Å². The molecule has 0 fully saturated rings. The molecule has 3 unspecified atom stereocenters. The van der Waals surface area contributed by atoms with Gasteiger partial charge in [0.25, 0.3) is 0 Å². The number of likely N-dealkylation sites (N-methyl/N-ethyl adjacent to an activating group) is 1. The van der Waals surface area contributed by atoms with Gasteiger partial charge in [-0.1, -0.05) is 49.4 Å². The summed E-state index contributed by atoms with van der Waals surface area (Å²) in [5.74, 6) is 1.01. The summed E-state index contributed by atoms with van der Waals surface area (Å²) >= 11 is 0. The van der Waals surface area contributed by atoms with Crippen LogP contribution in [0.4, 0.5) is 0 Å². The van der Waals surface area contributed by atoms with Gasteiger partial charge in [-0.2, -0.15) is 0 Å². The Morgan fingerprint density at radius 2 is 1.88 bits per heavy atom. The predicted molar refractivity (Wildman–Crippen MR) is 98.1 cm³/mol. The monoisotopic (exact) mass is 328 g/mol. The van der Waals surface area contributed by atoms with Gasteiger partial charge in [0.2, 0.25) is 0 Å². The Bertz CT molecular complexity index is 604. The van der Waals surface area contributed by atoms with Crippen LogP contribution in [-0.2, 0) is 6.42 Å². The molecule has 24 heavy (non-hydrogen) atoms. The molecule has 4 N–H and O–H groups in total. The van der Waals surface area contributed by atoms with Gasteiger partial charge in [0, 0.05) is 12.6 Å². The van der Waals surface area contributed by atoms with Crippen LogP contribution in [-0.4, -0.2) is 31.3 Å². The lowest BCUT2D eigenvalue weighted by Crippen LogP contribution is -2.36. The maximum atomic E-state index is 10.5. The van der Waals surface area contributed by atoms with E-state index in [0.29, 0.717) is 6.61 Å². The number of hydrogen-bond acceptors (Lipinski definition) is 4. The smallest absolute Gasteiger partial charge is 0.119 e. The fourth-order valence-electron chi connectivity index (χ4n) is 2.72. The summed E-state index contributed by atoms with van der Waals surface area (Å²) in [6.45, 7) is 3.53. The Morgan fingerprint density at radius 1 is 1.12 bits per heavy atom. The SMILES string of the molecule is CNCCOc1cccc(CC(C)C(N)C(O)c2ccccc2)c1. The fraction of sp³-hybridized carbons (Fsp3) is 0.400. The number of nitrogens with one attached hydrogen (secondary N) is 1. The molecule has 0 aliphatic rings. The highest BCUT2D eigenvalue weighted by Crippen LogP contribution is 2.24. The molecule has 0 spiro atoms. The van der Waals surface area contributed by atoms with Crippen LogP contribution in [0, 0.1) is 5.92 Å².